The highest BCUT2D eigenvalue weighted by atomic mass is 16.5. The van der Waals surface area contributed by atoms with Crippen LogP contribution in [0.3, 0.4) is 0 Å². The van der Waals surface area contributed by atoms with Crippen LogP contribution in [-0.4, -0.2) is 24.6 Å². The molecule has 1 aliphatic carbocycles. The van der Waals surface area contributed by atoms with E-state index in [4.69, 9.17) is 0 Å². The Bertz CT molecular complexity index is 399. The molecule has 78 valence electrons. The fourth-order valence-electron chi connectivity index (χ4n) is 1.28. The van der Waals surface area contributed by atoms with Crippen molar-refractivity contribution in [3.8, 4) is 0 Å². The Morgan fingerprint density at radius 1 is 1.40 bits per heavy atom. The highest BCUT2D eigenvalue weighted by molar-refractivity contribution is 6.30. The molecule has 0 amide bonds. The van der Waals surface area contributed by atoms with Gasteiger partial charge in [-0.15, -0.1) is 6.58 Å². The maximum atomic E-state index is 11.4. The van der Waals surface area contributed by atoms with E-state index in [0.717, 1.165) is 19.3 Å². The maximum absolute atomic E-state index is 11.4. The van der Waals surface area contributed by atoms with Gasteiger partial charge in [0.05, 0.1) is 7.11 Å². The van der Waals surface area contributed by atoms with Crippen molar-refractivity contribution in [2.24, 2.45) is 0 Å². The van der Waals surface area contributed by atoms with Gasteiger partial charge in [-0.25, -0.2) is 4.79 Å². The molecule has 0 unspecified atom stereocenters. The van der Waals surface area contributed by atoms with Crippen LogP contribution in [0.15, 0.2) is 36.0 Å². The number of hydrogen-bond donors (Lipinski definition) is 0. The van der Waals surface area contributed by atoms with Crippen LogP contribution in [0.2, 0.25) is 0 Å². The third-order valence-corrected chi connectivity index (χ3v) is 1.97. The summed E-state index contributed by atoms with van der Waals surface area (Å²) >= 11 is 0. The zero-order valence-corrected chi connectivity index (χ0v) is 8.28. The molecule has 4 heteroatoms. The second-order valence-corrected chi connectivity index (χ2v) is 2.90. The summed E-state index contributed by atoms with van der Waals surface area (Å²) in [7, 11) is 1.16. The van der Waals surface area contributed by atoms with Crippen LogP contribution in [0.25, 0.3) is 0 Å². The molecular weight excluding hydrogens is 196 g/mol. The fraction of sp³-hybridized carbons (Fsp3) is 0.182. The predicted octanol–water partition coefficient (Wildman–Crippen LogP) is 0.740. The molecule has 0 aromatic heterocycles. The van der Waals surface area contributed by atoms with Crippen molar-refractivity contribution in [3.63, 3.8) is 0 Å². The third kappa shape index (κ3) is 2.10. The number of ketones is 2. The second-order valence-electron chi connectivity index (χ2n) is 2.90. The summed E-state index contributed by atoms with van der Waals surface area (Å²) in [6, 6.07) is 0. The van der Waals surface area contributed by atoms with Gasteiger partial charge >= 0.3 is 5.97 Å². The Hall–Kier alpha value is -1.97. The summed E-state index contributed by atoms with van der Waals surface area (Å²) in [4.78, 5) is 34.1. The van der Waals surface area contributed by atoms with E-state index in [0.29, 0.717) is 0 Å². The van der Waals surface area contributed by atoms with E-state index in [1.165, 1.54) is 6.08 Å². The number of rotatable bonds is 3. The first-order chi connectivity index (χ1) is 7.11. The summed E-state index contributed by atoms with van der Waals surface area (Å²) in [5, 5.41) is 0. The summed E-state index contributed by atoms with van der Waals surface area (Å²) in [6.07, 6.45) is 3.86. The number of esters is 1. The Kier molecular flexibility index (Phi) is 3.33. The number of carbonyl (C=O) groups is 3. The lowest BCUT2D eigenvalue weighted by atomic mass is 9.93. The predicted molar refractivity (Wildman–Crippen MR) is 53.0 cm³/mol. The summed E-state index contributed by atoms with van der Waals surface area (Å²) in [5.41, 5.74) is -0.0470. The van der Waals surface area contributed by atoms with Crippen molar-refractivity contribution in [2.45, 2.75) is 6.42 Å². The standard InChI is InChI=1S/C11H10O4/c1-3-4-7-8(12)5-6-9(13)10(7)11(14)15-2/h3,5-6H,1,4H2,2H3. The van der Waals surface area contributed by atoms with Crippen LogP contribution in [0, 0.1) is 0 Å². The minimum absolute atomic E-state index is 0.143. The lowest BCUT2D eigenvalue weighted by Gasteiger charge is -2.11. The Morgan fingerprint density at radius 2 is 2.00 bits per heavy atom. The molecule has 0 N–H and O–H groups in total. The van der Waals surface area contributed by atoms with Gasteiger partial charge in [0.25, 0.3) is 0 Å². The van der Waals surface area contributed by atoms with Crippen molar-refractivity contribution >= 4 is 17.5 Å². The molecule has 0 aromatic carbocycles. The van der Waals surface area contributed by atoms with Crippen LogP contribution in [-0.2, 0) is 19.1 Å². The summed E-state index contributed by atoms with van der Waals surface area (Å²) in [6.45, 7) is 3.46. The molecule has 1 aliphatic rings. The molecule has 0 fully saturated rings. The van der Waals surface area contributed by atoms with E-state index in [2.05, 4.69) is 11.3 Å². The molecule has 0 atom stereocenters. The van der Waals surface area contributed by atoms with Crippen LogP contribution >= 0.6 is 0 Å². The fourth-order valence-corrected chi connectivity index (χ4v) is 1.28. The molecule has 0 saturated heterocycles. The van der Waals surface area contributed by atoms with Gasteiger partial charge < -0.3 is 4.74 Å². The lowest BCUT2D eigenvalue weighted by Crippen LogP contribution is -2.21. The van der Waals surface area contributed by atoms with Crippen LogP contribution < -0.4 is 0 Å². The molecular formula is C11H10O4. The van der Waals surface area contributed by atoms with Gasteiger partial charge in [0.1, 0.15) is 5.57 Å². The smallest absolute Gasteiger partial charge is 0.342 e. The van der Waals surface area contributed by atoms with Gasteiger partial charge in [-0.3, -0.25) is 9.59 Å². The first-order valence-electron chi connectivity index (χ1n) is 4.31. The Balaban J connectivity index is 3.24. The van der Waals surface area contributed by atoms with E-state index in [-0.39, 0.29) is 23.4 Å². The average Bonchev–Trinajstić information content (AvgIpc) is 2.23. The van der Waals surface area contributed by atoms with E-state index < -0.39 is 11.8 Å². The minimum Gasteiger partial charge on any atom is -0.465 e. The Morgan fingerprint density at radius 3 is 2.53 bits per heavy atom. The average molecular weight is 206 g/mol. The zero-order valence-electron chi connectivity index (χ0n) is 8.28. The van der Waals surface area contributed by atoms with E-state index in [1.54, 1.807) is 0 Å². The van der Waals surface area contributed by atoms with Gasteiger partial charge in [-0.2, -0.15) is 0 Å². The summed E-state index contributed by atoms with van der Waals surface area (Å²) in [5.74, 6) is -1.64. The maximum Gasteiger partial charge on any atom is 0.342 e. The first-order valence-corrected chi connectivity index (χ1v) is 4.31. The monoisotopic (exact) mass is 206 g/mol. The molecule has 4 nitrogen and oxygen atoms in total. The van der Waals surface area contributed by atoms with Crippen molar-refractivity contribution in [1.82, 2.24) is 0 Å². The molecule has 0 heterocycles. The quantitative estimate of drug-likeness (QED) is 0.296. The molecule has 0 saturated carbocycles. The van der Waals surface area contributed by atoms with Gasteiger partial charge in [0, 0.05) is 5.57 Å². The van der Waals surface area contributed by atoms with E-state index in [1.807, 2.05) is 0 Å². The van der Waals surface area contributed by atoms with Crippen molar-refractivity contribution in [2.75, 3.05) is 7.11 Å². The number of ether oxygens (including phenoxy) is 1. The van der Waals surface area contributed by atoms with E-state index in [9.17, 15) is 14.4 Å². The Labute approximate surface area is 86.9 Å². The van der Waals surface area contributed by atoms with Gasteiger partial charge in [-0.05, 0) is 18.6 Å². The third-order valence-electron chi connectivity index (χ3n) is 1.97. The van der Waals surface area contributed by atoms with Crippen LogP contribution in [0.4, 0.5) is 0 Å². The normalized spacial score (nSPS) is 15.5. The second kappa shape index (κ2) is 4.50. The van der Waals surface area contributed by atoms with Gasteiger partial charge in [-0.1, -0.05) is 6.08 Å². The number of carbonyl (C=O) groups excluding carboxylic acids is 3. The molecule has 0 aliphatic heterocycles. The summed E-state index contributed by atoms with van der Waals surface area (Å²) < 4.78 is 4.45. The largest absolute Gasteiger partial charge is 0.465 e. The van der Waals surface area contributed by atoms with Crippen molar-refractivity contribution in [3.05, 3.63) is 36.0 Å². The van der Waals surface area contributed by atoms with Gasteiger partial charge in [0.15, 0.2) is 11.6 Å². The van der Waals surface area contributed by atoms with Crippen LogP contribution in [0.1, 0.15) is 6.42 Å². The number of hydrogen-bond acceptors (Lipinski definition) is 4. The van der Waals surface area contributed by atoms with Crippen LogP contribution in [0.5, 0.6) is 0 Å². The first kappa shape index (κ1) is 11.1. The molecule has 1 rings (SSSR count). The topological polar surface area (TPSA) is 60.4 Å². The highest BCUT2D eigenvalue weighted by Crippen LogP contribution is 2.18. The molecule has 0 radical (unpaired) electrons. The van der Waals surface area contributed by atoms with Crippen molar-refractivity contribution in [1.29, 1.82) is 0 Å². The minimum atomic E-state index is -0.783. The number of allylic oxidation sites excluding steroid dienone is 4. The van der Waals surface area contributed by atoms with Crippen molar-refractivity contribution < 1.29 is 19.1 Å². The van der Waals surface area contributed by atoms with E-state index >= 15 is 0 Å². The highest BCUT2D eigenvalue weighted by Gasteiger charge is 2.27. The molecule has 0 bridgehead atoms. The lowest BCUT2D eigenvalue weighted by molar-refractivity contribution is -0.137. The zero-order chi connectivity index (χ0) is 11.4. The SMILES string of the molecule is C=CCC1=C(C(=O)OC)C(=O)C=CC1=O. The number of methoxy groups -OCH3 is 1. The molecule has 0 aromatic rings. The van der Waals surface area contributed by atoms with Gasteiger partial charge in [0.2, 0.25) is 0 Å². The molecule has 15 heavy (non-hydrogen) atoms. The molecule has 0 spiro atoms.